The summed E-state index contributed by atoms with van der Waals surface area (Å²) in [7, 11) is -3.37. The van der Waals surface area contributed by atoms with E-state index in [1.165, 1.54) is 0 Å². The van der Waals surface area contributed by atoms with Gasteiger partial charge in [0.2, 0.25) is 15.9 Å². The summed E-state index contributed by atoms with van der Waals surface area (Å²) in [5, 5.41) is 6.25. The van der Waals surface area contributed by atoms with Crippen molar-refractivity contribution in [1.82, 2.24) is 5.01 Å². The maximum atomic E-state index is 13.1. The molecule has 1 amide bonds. The fourth-order valence-corrected chi connectivity index (χ4v) is 3.80. The summed E-state index contributed by atoms with van der Waals surface area (Å²) < 4.78 is 25.6. The molecule has 1 aliphatic heterocycles. The number of amides is 1. The standard InChI is InChI=1S/C22H27N3O3S/c1-15-9-11-16(12-10-15)20-14-19(23-25(20)21(26)22(2,3)4)17-7-6-8-18(13-17)24-29(5,27)28/h6-13,20,24H,14H2,1-5H3/t20-/m1/s1. The first-order valence-corrected chi connectivity index (χ1v) is 11.4. The Morgan fingerprint density at radius 3 is 2.38 bits per heavy atom. The largest absolute Gasteiger partial charge is 0.284 e. The molecule has 2 aromatic carbocycles. The molecule has 7 heteroatoms. The number of aryl methyl sites for hydroxylation is 1. The molecule has 0 spiro atoms. The van der Waals surface area contributed by atoms with Crippen molar-refractivity contribution < 1.29 is 13.2 Å². The molecule has 0 aromatic heterocycles. The zero-order valence-electron chi connectivity index (χ0n) is 17.4. The number of benzene rings is 2. The van der Waals surface area contributed by atoms with Crippen molar-refractivity contribution in [1.29, 1.82) is 0 Å². The SMILES string of the molecule is Cc1ccc([C@H]2CC(c3cccc(NS(C)(=O)=O)c3)=NN2C(=O)C(C)(C)C)cc1. The Morgan fingerprint density at radius 2 is 1.79 bits per heavy atom. The van der Waals surface area contributed by atoms with Crippen molar-refractivity contribution in [2.45, 2.75) is 40.2 Å². The van der Waals surface area contributed by atoms with E-state index >= 15 is 0 Å². The van der Waals surface area contributed by atoms with Crippen molar-refractivity contribution in [2.75, 3.05) is 11.0 Å². The summed E-state index contributed by atoms with van der Waals surface area (Å²) in [5.41, 5.74) is 3.63. The minimum Gasteiger partial charge on any atom is -0.284 e. The Morgan fingerprint density at radius 1 is 1.14 bits per heavy atom. The van der Waals surface area contributed by atoms with Gasteiger partial charge in [0.15, 0.2) is 0 Å². The van der Waals surface area contributed by atoms with E-state index in [2.05, 4.69) is 9.82 Å². The molecule has 1 atom stereocenters. The summed E-state index contributed by atoms with van der Waals surface area (Å²) >= 11 is 0. The van der Waals surface area contributed by atoms with Crippen molar-refractivity contribution >= 4 is 27.3 Å². The van der Waals surface area contributed by atoms with E-state index in [9.17, 15) is 13.2 Å². The Labute approximate surface area is 172 Å². The minimum absolute atomic E-state index is 0.0523. The second-order valence-corrected chi connectivity index (χ2v) is 10.3. The van der Waals surface area contributed by atoms with Gasteiger partial charge in [-0.25, -0.2) is 13.4 Å². The van der Waals surface area contributed by atoms with Crippen LogP contribution in [0.1, 0.15) is 49.9 Å². The molecule has 1 N–H and O–H groups in total. The summed E-state index contributed by atoms with van der Waals surface area (Å²) in [4.78, 5) is 13.1. The Kier molecular flexibility index (Phi) is 5.54. The van der Waals surface area contributed by atoms with Crippen molar-refractivity contribution in [3.8, 4) is 0 Å². The van der Waals surface area contributed by atoms with Gasteiger partial charge in [-0.05, 0) is 30.2 Å². The second-order valence-electron chi connectivity index (χ2n) is 8.53. The molecular weight excluding hydrogens is 386 g/mol. The topological polar surface area (TPSA) is 78.8 Å². The van der Waals surface area contributed by atoms with Crippen LogP contribution in [0.2, 0.25) is 0 Å². The molecule has 0 aliphatic carbocycles. The van der Waals surface area contributed by atoms with Crippen LogP contribution in [0.4, 0.5) is 5.69 Å². The first-order valence-electron chi connectivity index (χ1n) is 9.50. The lowest BCUT2D eigenvalue weighted by atomic mass is 9.92. The number of sulfonamides is 1. The third-order valence-electron chi connectivity index (χ3n) is 4.72. The highest BCUT2D eigenvalue weighted by Gasteiger charge is 2.37. The summed E-state index contributed by atoms with van der Waals surface area (Å²) in [6, 6.07) is 15.0. The number of nitrogens with zero attached hydrogens (tertiary/aromatic N) is 2. The number of hydrazone groups is 1. The highest BCUT2D eigenvalue weighted by Crippen LogP contribution is 2.36. The molecule has 0 saturated carbocycles. The quantitative estimate of drug-likeness (QED) is 0.820. The lowest BCUT2D eigenvalue weighted by Crippen LogP contribution is -2.36. The van der Waals surface area contributed by atoms with Gasteiger partial charge in [-0.1, -0.05) is 62.7 Å². The van der Waals surface area contributed by atoms with Crippen molar-refractivity contribution in [3.05, 3.63) is 65.2 Å². The summed E-state index contributed by atoms with van der Waals surface area (Å²) in [6.07, 6.45) is 1.68. The highest BCUT2D eigenvalue weighted by atomic mass is 32.2. The zero-order chi connectivity index (χ0) is 21.4. The van der Waals surface area contributed by atoms with Crippen molar-refractivity contribution in [2.24, 2.45) is 10.5 Å². The maximum Gasteiger partial charge on any atom is 0.248 e. The van der Waals surface area contributed by atoms with E-state index in [1.807, 2.05) is 58.0 Å². The van der Waals surface area contributed by atoms with E-state index < -0.39 is 15.4 Å². The molecule has 3 rings (SSSR count). The zero-order valence-corrected chi connectivity index (χ0v) is 18.2. The fourth-order valence-electron chi connectivity index (χ4n) is 3.24. The van der Waals surface area contributed by atoms with Crippen LogP contribution in [-0.4, -0.2) is 31.3 Å². The van der Waals surface area contributed by atoms with Crippen LogP contribution >= 0.6 is 0 Å². The van der Waals surface area contributed by atoms with Gasteiger partial charge in [-0.15, -0.1) is 0 Å². The van der Waals surface area contributed by atoms with E-state index in [4.69, 9.17) is 0 Å². The van der Waals surface area contributed by atoms with Crippen LogP contribution in [-0.2, 0) is 14.8 Å². The number of rotatable bonds is 4. The van der Waals surface area contributed by atoms with Crippen LogP contribution in [0.25, 0.3) is 0 Å². The first kappa shape index (κ1) is 21.0. The van der Waals surface area contributed by atoms with Crippen molar-refractivity contribution in [3.63, 3.8) is 0 Å². The molecular formula is C22H27N3O3S. The van der Waals surface area contributed by atoms with Crippen LogP contribution < -0.4 is 4.72 Å². The van der Waals surface area contributed by atoms with E-state index in [-0.39, 0.29) is 11.9 Å². The van der Waals surface area contributed by atoms with E-state index in [0.717, 1.165) is 28.7 Å². The van der Waals surface area contributed by atoms with Gasteiger partial charge >= 0.3 is 0 Å². The van der Waals surface area contributed by atoms with Crippen LogP contribution in [0.15, 0.2) is 53.6 Å². The maximum absolute atomic E-state index is 13.1. The monoisotopic (exact) mass is 413 g/mol. The number of carbonyl (C=O) groups is 1. The van der Waals surface area contributed by atoms with E-state index in [0.29, 0.717) is 12.1 Å². The number of nitrogens with one attached hydrogen (secondary N) is 1. The molecule has 6 nitrogen and oxygen atoms in total. The molecule has 29 heavy (non-hydrogen) atoms. The van der Waals surface area contributed by atoms with Gasteiger partial charge in [0, 0.05) is 17.5 Å². The molecule has 1 aliphatic rings. The average Bonchev–Trinajstić information content (AvgIpc) is 3.05. The van der Waals surface area contributed by atoms with Gasteiger partial charge in [-0.2, -0.15) is 5.10 Å². The number of anilines is 1. The lowest BCUT2D eigenvalue weighted by Gasteiger charge is -2.28. The smallest absolute Gasteiger partial charge is 0.248 e. The van der Waals surface area contributed by atoms with Gasteiger partial charge < -0.3 is 0 Å². The van der Waals surface area contributed by atoms with Gasteiger partial charge in [-0.3, -0.25) is 9.52 Å². The van der Waals surface area contributed by atoms with Gasteiger partial charge in [0.25, 0.3) is 0 Å². The van der Waals surface area contributed by atoms with Crippen LogP contribution in [0.3, 0.4) is 0 Å². The number of hydrogen-bond acceptors (Lipinski definition) is 4. The molecule has 0 unspecified atom stereocenters. The van der Waals surface area contributed by atoms with E-state index in [1.54, 1.807) is 23.2 Å². The Bertz CT molecular complexity index is 1050. The molecule has 0 bridgehead atoms. The molecule has 0 saturated heterocycles. The van der Waals surface area contributed by atoms with Gasteiger partial charge in [0.05, 0.1) is 18.0 Å². The predicted molar refractivity (Wildman–Crippen MR) is 116 cm³/mol. The minimum atomic E-state index is -3.37. The third kappa shape index (κ3) is 5.03. The normalized spacial score (nSPS) is 17.2. The fraction of sp³-hybridized carbons (Fsp3) is 0.364. The number of carbonyl (C=O) groups excluding carboxylic acids is 1. The van der Waals surface area contributed by atoms with Crippen LogP contribution in [0, 0.1) is 12.3 Å². The highest BCUT2D eigenvalue weighted by molar-refractivity contribution is 7.92. The van der Waals surface area contributed by atoms with Gasteiger partial charge in [0.1, 0.15) is 0 Å². The molecule has 154 valence electrons. The molecule has 0 radical (unpaired) electrons. The summed E-state index contributed by atoms with van der Waals surface area (Å²) in [5.74, 6) is -0.0523. The number of hydrogen-bond donors (Lipinski definition) is 1. The Hall–Kier alpha value is -2.67. The predicted octanol–water partition coefficient (Wildman–Crippen LogP) is 4.09. The lowest BCUT2D eigenvalue weighted by molar-refractivity contribution is -0.141. The summed E-state index contributed by atoms with van der Waals surface area (Å²) in [6.45, 7) is 7.67. The first-order chi connectivity index (χ1) is 13.4. The molecule has 1 heterocycles. The Balaban J connectivity index is 1.99. The third-order valence-corrected chi connectivity index (χ3v) is 5.33. The second kappa shape index (κ2) is 7.63. The van der Waals surface area contributed by atoms with Crippen LogP contribution in [0.5, 0.6) is 0 Å². The average molecular weight is 414 g/mol. The molecule has 2 aromatic rings. The molecule has 0 fully saturated rings.